The van der Waals surface area contributed by atoms with E-state index in [1.54, 1.807) is 0 Å². The summed E-state index contributed by atoms with van der Waals surface area (Å²) in [5.41, 5.74) is 7.81. The van der Waals surface area contributed by atoms with Crippen molar-refractivity contribution in [1.82, 2.24) is 18.8 Å². The minimum Gasteiger partial charge on any atom is -0.383 e. The Kier molecular flexibility index (Phi) is 5.26. The van der Waals surface area contributed by atoms with Crippen molar-refractivity contribution in [3.05, 3.63) is 18.1 Å². The van der Waals surface area contributed by atoms with E-state index >= 15 is 0 Å². The fraction of sp³-hybridized carbons (Fsp3) is 0.600. The summed E-state index contributed by atoms with van der Waals surface area (Å²) in [5, 5.41) is 0.892. The third kappa shape index (κ3) is 3.48. The molecule has 0 saturated carbocycles. The van der Waals surface area contributed by atoms with Crippen LogP contribution >= 0.6 is 0 Å². The van der Waals surface area contributed by atoms with Gasteiger partial charge in [0, 0.05) is 25.3 Å². The SMILES string of the molecule is CC.Cc1cn(C2CCN(S(C)(=O)=O)CC2)c2ncnc(N)c12. The standard InChI is InChI=1S/C13H19N5O2S.C2H6/c1-9-7-18(13-11(9)12(14)15-8-16-13)10-3-5-17(6-4-10)21(2,19)20;1-2/h7-8,10H,3-6H2,1-2H3,(H2,14,15,16);1-2H3. The summed E-state index contributed by atoms with van der Waals surface area (Å²) in [7, 11) is -3.10. The summed E-state index contributed by atoms with van der Waals surface area (Å²) in [6, 6.07) is 0.244. The number of fused-ring (bicyclic) bond motifs is 1. The van der Waals surface area contributed by atoms with E-state index < -0.39 is 10.0 Å². The zero-order chi connectivity index (χ0) is 17.2. The molecule has 1 aliphatic rings. The number of hydrogen-bond donors (Lipinski definition) is 1. The Morgan fingerprint density at radius 2 is 1.83 bits per heavy atom. The fourth-order valence-electron chi connectivity index (χ4n) is 3.03. The molecule has 2 aromatic rings. The summed E-state index contributed by atoms with van der Waals surface area (Å²) in [6.07, 6.45) is 6.33. The Balaban J connectivity index is 0.000000924. The molecule has 0 bridgehead atoms. The van der Waals surface area contributed by atoms with E-state index in [4.69, 9.17) is 5.73 Å². The topological polar surface area (TPSA) is 94.1 Å². The van der Waals surface area contributed by atoms with E-state index in [0.717, 1.165) is 29.4 Å². The Bertz CT molecular complexity index is 777. The van der Waals surface area contributed by atoms with E-state index in [1.165, 1.54) is 16.9 Å². The van der Waals surface area contributed by atoms with Crippen LogP contribution in [0.5, 0.6) is 0 Å². The van der Waals surface area contributed by atoms with Crippen molar-refractivity contribution in [3.63, 3.8) is 0 Å². The van der Waals surface area contributed by atoms with Crippen molar-refractivity contribution in [2.24, 2.45) is 0 Å². The molecule has 2 aromatic heterocycles. The lowest BCUT2D eigenvalue weighted by molar-refractivity contribution is 0.278. The van der Waals surface area contributed by atoms with Gasteiger partial charge in [-0.3, -0.25) is 0 Å². The Morgan fingerprint density at radius 3 is 2.39 bits per heavy atom. The van der Waals surface area contributed by atoms with Crippen LogP contribution in [0.2, 0.25) is 0 Å². The van der Waals surface area contributed by atoms with E-state index in [1.807, 2.05) is 27.0 Å². The van der Waals surface area contributed by atoms with Gasteiger partial charge in [-0.1, -0.05) is 13.8 Å². The van der Waals surface area contributed by atoms with Crippen molar-refractivity contribution in [2.75, 3.05) is 25.1 Å². The molecule has 0 unspecified atom stereocenters. The molecule has 0 radical (unpaired) electrons. The Hall–Kier alpha value is -1.67. The van der Waals surface area contributed by atoms with E-state index in [0.29, 0.717) is 18.9 Å². The van der Waals surface area contributed by atoms with Gasteiger partial charge in [-0.15, -0.1) is 0 Å². The van der Waals surface area contributed by atoms with Gasteiger partial charge in [-0.2, -0.15) is 0 Å². The lowest BCUT2D eigenvalue weighted by Crippen LogP contribution is -2.38. The first-order valence-electron chi connectivity index (χ1n) is 7.90. The highest BCUT2D eigenvalue weighted by atomic mass is 32.2. The first-order chi connectivity index (χ1) is 10.9. The summed E-state index contributed by atoms with van der Waals surface area (Å²) < 4.78 is 26.8. The first-order valence-corrected chi connectivity index (χ1v) is 9.75. The number of aromatic nitrogens is 3. The molecule has 1 fully saturated rings. The number of nitrogens with two attached hydrogens (primary N) is 1. The Labute approximate surface area is 137 Å². The van der Waals surface area contributed by atoms with Crippen LogP contribution in [0.4, 0.5) is 5.82 Å². The largest absolute Gasteiger partial charge is 0.383 e. The lowest BCUT2D eigenvalue weighted by atomic mass is 10.1. The number of sulfonamides is 1. The highest BCUT2D eigenvalue weighted by Gasteiger charge is 2.27. The number of aryl methyl sites for hydroxylation is 1. The van der Waals surface area contributed by atoms with Gasteiger partial charge in [0.2, 0.25) is 10.0 Å². The summed E-state index contributed by atoms with van der Waals surface area (Å²) in [5.74, 6) is 0.491. The molecule has 8 heteroatoms. The van der Waals surface area contributed by atoms with E-state index in [2.05, 4.69) is 14.5 Å². The summed E-state index contributed by atoms with van der Waals surface area (Å²) >= 11 is 0. The summed E-state index contributed by atoms with van der Waals surface area (Å²) in [6.45, 7) is 7.08. The maximum absolute atomic E-state index is 11.6. The molecule has 7 nitrogen and oxygen atoms in total. The van der Waals surface area contributed by atoms with Crippen LogP contribution in [0, 0.1) is 6.92 Å². The smallest absolute Gasteiger partial charge is 0.211 e. The second-order valence-corrected chi connectivity index (χ2v) is 7.55. The number of nitrogen functional groups attached to an aromatic ring is 1. The molecule has 1 saturated heterocycles. The molecule has 3 rings (SSSR count). The van der Waals surface area contributed by atoms with Crippen LogP contribution < -0.4 is 5.73 Å². The van der Waals surface area contributed by atoms with Gasteiger partial charge in [0.1, 0.15) is 17.8 Å². The number of rotatable bonds is 2. The van der Waals surface area contributed by atoms with Gasteiger partial charge < -0.3 is 10.3 Å². The molecule has 3 heterocycles. The third-order valence-electron chi connectivity index (χ3n) is 4.11. The van der Waals surface area contributed by atoms with Crippen LogP contribution in [0.1, 0.15) is 38.3 Å². The minimum absolute atomic E-state index is 0.244. The van der Waals surface area contributed by atoms with Crippen molar-refractivity contribution >= 4 is 26.9 Å². The maximum Gasteiger partial charge on any atom is 0.211 e. The molecule has 23 heavy (non-hydrogen) atoms. The summed E-state index contributed by atoms with van der Waals surface area (Å²) in [4.78, 5) is 8.38. The molecule has 0 spiro atoms. The highest BCUT2D eigenvalue weighted by molar-refractivity contribution is 7.88. The average molecular weight is 339 g/mol. The van der Waals surface area contributed by atoms with Crippen molar-refractivity contribution in [2.45, 2.75) is 39.7 Å². The molecule has 0 aromatic carbocycles. The fourth-order valence-corrected chi connectivity index (χ4v) is 3.90. The van der Waals surface area contributed by atoms with E-state index in [-0.39, 0.29) is 6.04 Å². The van der Waals surface area contributed by atoms with Crippen LogP contribution in [0.25, 0.3) is 11.0 Å². The Morgan fingerprint density at radius 1 is 1.22 bits per heavy atom. The average Bonchev–Trinajstić information content (AvgIpc) is 2.87. The highest BCUT2D eigenvalue weighted by Crippen LogP contribution is 2.31. The predicted octanol–water partition coefficient (Wildman–Crippen LogP) is 1.94. The number of piperidine rings is 1. The molecule has 1 aliphatic heterocycles. The van der Waals surface area contributed by atoms with Gasteiger partial charge in [0.05, 0.1) is 11.6 Å². The van der Waals surface area contributed by atoms with Gasteiger partial charge in [0.25, 0.3) is 0 Å². The van der Waals surface area contributed by atoms with E-state index in [9.17, 15) is 8.42 Å². The predicted molar refractivity (Wildman–Crippen MR) is 92.7 cm³/mol. The van der Waals surface area contributed by atoms with Crippen LogP contribution in [0.3, 0.4) is 0 Å². The van der Waals surface area contributed by atoms with Crippen LogP contribution in [-0.2, 0) is 10.0 Å². The van der Waals surface area contributed by atoms with Crippen LogP contribution in [0.15, 0.2) is 12.5 Å². The maximum atomic E-state index is 11.6. The molecule has 128 valence electrons. The second-order valence-electron chi connectivity index (χ2n) is 5.57. The molecular weight excluding hydrogens is 314 g/mol. The van der Waals surface area contributed by atoms with Crippen molar-refractivity contribution < 1.29 is 8.42 Å². The lowest BCUT2D eigenvalue weighted by Gasteiger charge is -2.31. The third-order valence-corrected chi connectivity index (χ3v) is 5.42. The number of hydrogen-bond acceptors (Lipinski definition) is 5. The molecule has 0 amide bonds. The number of nitrogens with zero attached hydrogens (tertiary/aromatic N) is 4. The normalized spacial score (nSPS) is 17.0. The first kappa shape index (κ1) is 17.7. The monoisotopic (exact) mass is 339 g/mol. The zero-order valence-corrected chi connectivity index (χ0v) is 15.0. The molecule has 2 N–H and O–H groups in total. The second kappa shape index (κ2) is 6.84. The van der Waals surface area contributed by atoms with Crippen LogP contribution in [-0.4, -0.2) is 46.6 Å². The number of anilines is 1. The molecule has 0 atom stereocenters. The van der Waals surface area contributed by atoms with Gasteiger partial charge in [-0.05, 0) is 25.3 Å². The van der Waals surface area contributed by atoms with Crippen molar-refractivity contribution in [1.29, 1.82) is 0 Å². The zero-order valence-electron chi connectivity index (χ0n) is 14.2. The molecule has 0 aliphatic carbocycles. The molecular formula is C15H25N5O2S. The quantitative estimate of drug-likeness (QED) is 0.902. The van der Waals surface area contributed by atoms with Crippen molar-refractivity contribution in [3.8, 4) is 0 Å². The van der Waals surface area contributed by atoms with Gasteiger partial charge in [0.15, 0.2) is 0 Å². The minimum atomic E-state index is -3.10. The van der Waals surface area contributed by atoms with Gasteiger partial charge in [-0.25, -0.2) is 22.7 Å². The van der Waals surface area contributed by atoms with Gasteiger partial charge >= 0.3 is 0 Å².